The molecule has 2 heterocycles. The van der Waals surface area contributed by atoms with Crippen LogP contribution in [0.3, 0.4) is 0 Å². The maximum atomic E-state index is 10.3. The van der Waals surface area contributed by atoms with Gasteiger partial charge in [0.2, 0.25) is 0 Å². The van der Waals surface area contributed by atoms with E-state index in [0.717, 1.165) is 16.8 Å². The van der Waals surface area contributed by atoms with E-state index in [-0.39, 0.29) is 6.54 Å². The standard InChI is InChI=1S/C12H11N3O2/c16-12(17)15-7-9-3-4-11(14-6-9)10-2-1-5-13-8-10/h1-6,8,15H,7H2,(H,16,17). The Hall–Kier alpha value is -2.43. The summed E-state index contributed by atoms with van der Waals surface area (Å²) in [6.07, 6.45) is 4.05. The molecule has 0 fully saturated rings. The van der Waals surface area contributed by atoms with Crippen LogP contribution in [0.15, 0.2) is 42.9 Å². The fourth-order valence-electron chi connectivity index (χ4n) is 1.39. The van der Waals surface area contributed by atoms with Crippen LogP contribution in [0.1, 0.15) is 5.56 Å². The maximum Gasteiger partial charge on any atom is 0.404 e. The highest BCUT2D eigenvalue weighted by Gasteiger charge is 2.00. The molecule has 0 spiro atoms. The van der Waals surface area contributed by atoms with Gasteiger partial charge in [-0.25, -0.2) is 4.79 Å². The molecule has 1 amide bonds. The molecule has 0 bridgehead atoms. The van der Waals surface area contributed by atoms with Gasteiger partial charge in [0.05, 0.1) is 5.69 Å². The van der Waals surface area contributed by atoms with Crippen LogP contribution in [0.5, 0.6) is 0 Å². The Labute approximate surface area is 98.2 Å². The van der Waals surface area contributed by atoms with Gasteiger partial charge in [-0.15, -0.1) is 0 Å². The van der Waals surface area contributed by atoms with Crippen molar-refractivity contribution in [1.29, 1.82) is 0 Å². The van der Waals surface area contributed by atoms with Crippen molar-refractivity contribution in [2.75, 3.05) is 0 Å². The smallest absolute Gasteiger partial charge is 0.404 e. The van der Waals surface area contributed by atoms with Crippen molar-refractivity contribution in [2.45, 2.75) is 6.54 Å². The van der Waals surface area contributed by atoms with E-state index in [9.17, 15) is 4.79 Å². The number of hydrogen-bond donors (Lipinski definition) is 2. The summed E-state index contributed by atoms with van der Waals surface area (Å²) in [6.45, 7) is 0.260. The largest absolute Gasteiger partial charge is 0.465 e. The van der Waals surface area contributed by atoms with Crippen molar-refractivity contribution in [2.24, 2.45) is 0 Å². The minimum absolute atomic E-state index is 0.260. The third kappa shape index (κ3) is 3.01. The summed E-state index contributed by atoms with van der Waals surface area (Å²) in [5.41, 5.74) is 2.57. The fourth-order valence-corrected chi connectivity index (χ4v) is 1.39. The van der Waals surface area contributed by atoms with Gasteiger partial charge in [0.1, 0.15) is 0 Å². The summed E-state index contributed by atoms with van der Waals surface area (Å²) < 4.78 is 0. The summed E-state index contributed by atoms with van der Waals surface area (Å²) >= 11 is 0. The molecule has 0 aliphatic rings. The number of carbonyl (C=O) groups is 1. The topological polar surface area (TPSA) is 75.1 Å². The van der Waals surface area contributed by atoms with Crippen molar-refractivity contribution in [1.82, 2.24) is 15.3 Å². The second kappa shape index (κ2) is 5.07. The van der Waals surface area contributed by atoms with E-state index >= 15 is 0 Å². The highest BCUT2D eigenvalue weighted by Crippen LogP contribution is 2.14. The summed E-state index contributed by atoms with van der Waals surface area (Å²) in [7, 11) is 0. The molecule has 0 unspecified atom stereocenters. The molecule has 5 nitrogen and oxygen atoms in total. The molecule has 86 valence electrons. The number of pyridine rings is 2. The number of amides is 1. The van der Waals surface area contributed by atoms with Crippen LogP contribution in [0.4, 0.5) is 4.79 Å². The third-order valence-electron chi connectivity index (χ3n) is 2.23. The first kappa shape index (κ1) is 11.1. The number of nitrogens with one attached hydrogen (secondary N) is 1. The molecule has 0 aromatic carbocycles. The summed E-state index contributed by atoms with van der Waals surface area (Å²) in [5.74, 6) is 0. The molecule has 0 atom stereocenters. The Morgan fingerprint density at radius 3 is 2.76 bits per heavy atom. The molecular formula is C12H11N3O2. The molecule has 2 N–H and O–H groups in total. The second-order valence-electron chi connectivity index (χ2n) is 3.45. The number of rotatable bonds is 3. The Kier molecular flexibility index (Phi) is 3.30. The van der Waals surface area contributed by atoms with Crippen LogP contribution in [-0.4, -0.2) is 21.2 Å². The molecule has 17 heavy (non-hydrogen) atoms. The number of hydrogen-bond acceptors (Lipinski definition) is 3. The van der Waals surface area contributed by atoms with Crippen LogP contribution in [0.25, 0.3) is 11.3 Å². The molecule has 0 aliphatic carbocycles. The second-order valence-corrected chi connectivity index (χ2v) is 3.45. The van der Waals surface area contributed by atoms with Gasteiger partial charge in [0, 0.05) is 30.7 Å². The highest BCUT2D eigenvalue weighted by molar-refractivity contribution is 5.64. The van der Waals surface area contributed by atoms with Crippen molar-refractivity contribution in [3.8, 4) is 11.3 Å². The van der Waals surface area contributed by atoms with E-state index in [0.29, 0.717) is 0 Å². The molecule has 0 saturated heterocycles. The van der Waals surface area contributed by atoms with Gasteiger partial charge < -0.3 is 10.4 Å². The minimum atomic E-state index is -1.04. The van der Waals surface area contributed by atoms with E-state index in [4.69, 9.17) is 5.11 Å². The van der Waals surface area contributed by atoms with Crippen molar-refractivity contribution in [3.63, 3.8) is 0 Å². The molecule has 2 rings (SSSR count). The Bertz CT molecular complexity index is 497. The van der Waals surface area contributed by atoms with E-state index in [1.54, 1.807) is 18.6 Å². The fraction of sp³-hybridized carbons (Fsp3) is 0.0833. The summed E-state index contributed by atoms with van der Waals surface area (Å²) in [4.78, 5) is 18.6. The van der Waals surface area contributed by atoms with Crippen molar-refractivity contribution >= 4 is 6.09 Å². The normalized spacial score (nSPS) is 9.88. The van der Waals surface area contributed by atoms with Gasteiger partial charge in [0.25, 0.3) is 0 Å². The summed E-state index contributed by atoms with van der Waals surface area (Å²) in [6, 6.07) is 7.45. The molecule has 0 saturated carbocycles. The quantitative estimate of drug-likeness (QED) is 0.843. The van der Waals surface area contributed by atoms with Crippen LogP contribution in [0.2, 0.25) is 0 Å². The molecule has 5 heteroatoms. The SMILES string of the molecule is O=C(O)NCc1ccc(-c2cccnc2)nc1. The highest BCUT2D eigenvalue weighted by atomic mass is 16.4. The molecule has 0 aliphatic heterocycles. The predicted molar refractivity (Wildman–Crippen MR) is 62.3 cm³/mol. The van der Waals surface area contributed by atoms with Crippen LogP contribution >= 0.6 is 0 Å². The Morgan fingerprint density at radius 2 is 2.18 bits per heavy atom. The lowest BCUT2D eigenvalue weighted by atomic mass is 10.1. The lowest BCUT2D eigenvalue weighted by molar-refractivity contribution is 0.194. The predicted octanol–water partition coefficient (Wildman–Crippen LogP) is 1.91. The van der Waals surface area contributed by atoms with E-state index in [2.05, 4.69) is 15.3 Å². The van der Waals surface area contributed by atoms with Gasteiger partial charge in [0.15, 0.2) is 0 Å². The minimum Gasteiger partial charge on any atom is -0.465 e. The molecule has 0 radical (unpaired) electrons. The number of nitrogens with zero attached hydrogens (tertiary/aromatic N) is 2. The van der Waals surface area contributed by atoms with Crippen LogP contribution < -0.4 is 5.32 Å². The van der Waals surface area contributed by atoms with Crippen molar-refractivity contribution in [3.05, 3.63) is 48.4 Å². The first-order valence-corrected chi connectivity index (χ1v) is 5.08. The van der Waals surface area contributed by atoms with Crippen LogP contribution in [0, 0.1) is 0 Å². The zero-order chi connectivity index (χ0) is 12.1. The lowest BCUT2D eigenvalue weighted by Crippen LogP contribution is -2.19. The molecular weight excluding hydrogens is 218 g/mol. The monoisotopic (exact) mass is 229 g/mol. The van der Waals surface area contributed by atoms with Gasteiger partial charge in [-0.3, -0.25) is 9.97 Å². The van der Waals surface area contributed by atoms with Gasteiger partial charge in [-0.2, -0.15) is 0 Å². The lowest BCUT2D eigenvalue weighted by Gasteiger charge is -2.03. The van der Waals surface area contributed by atoms with Gasteiger partial charge in [-0.05, 0) is 23.8 Å². The zero-order valence-corrected chi connectivity index (χ0v) is 9.00. The van der Waals surface area contributed by atoms with Crippen molar-refractivity contribution < 1.29 is 9.90 Å². The first-order valence-electron chi connectivity index (χ1n) is 5.08. The maximum absolute atomic E-state index is 10.3. The van der Waals surface area contributed by atoms with Gasteiger partial charge >= 0.3 is 6.09 Å². The molecule has 2 aromatic rings. The zero-order valence-electron chi connectivity index (χ0n) is 9.00. The van der Waals surface area contributed by atoms with Gasteiger partial charge in [-0.1, -0.05) is 6.07 Å². The summed E-state index contributed by atoms with van der Waals surface area (Å²) in [5, 5.41) is 10.8. The Balaban J connectivity index is 2.11. The van der Waals surface area contributed by atoms with E-state index < -0.39 is 6.09 Å². The average Bonchev–Trinajstić information content (AvgIpc) is 2.38. The third-order valence-corrected chi connectivity index (χ3v) is 2.23. The average molecular weight is 229 g/mol. The Morgan fingerprint density at radius 1 is 1.29 bits per heavy atom. The number of carboxylic acid groups (broad SMARTS) is 1. The van der Waals surface area contributed by atoms with Crippen LogP contribution in [-0.2, 0) is 6.54 Å². The first-order chi connectivity index (χ1) is 8.25. The van der Waals surface area contributed by atoms with E-state index in [1.807, 2.05) is 24.3 Å². The van der Waals surface area contributed by atoms with E-state index in [1.165, 1.54) is 0 Å². The molecule has 2 aromatic heterocycles. The number of aromatic nitrogens is 2.